The fourth-order valence-corrected chi connectivity index (χ4v) is 3.51. The average molecular weight is 409 g/mol. The van der Waals surface area contributed by atoms with E-state index in [9.17, 15) is 9.18 Å². The molecule has 0 aliphatic carbocycles. The molecule has 1 fully saturated rings. The van der Waals surface area contributed by atoms with Crippen molar-refractivity contribution >= 4 is 17.3 Å². The van der Waals surface area contributed by atoms with Crippen LogP contribution in [0.3, 0.4) is 0 Å². The number of benzene rings is 2. The number of halogens is 1. The number of aryl methyl sites for hydroxylation is 1. The van der Waals surface area contributed by atoms with Gasteiger partial charge in [-0.1, -0.05) is 12.1 Å². The first kappa shape index (κ1) is 20.1. The molecule has 7 nitrogen and oxygen atoms in total. The number of carbonyl (C=O) groups excluding carboxylic acids is 1. The van der Waals surface area contributed by atoms with Gasteiger partial charge in [0.15, 0.2) is 0 Å². The smallest absolute Gasteiger partial charge is 0.274 e. The number of nitrogens with one attached hydrogen (secondary N) is 1. The minimum absolute atomic E-state index is 0.360. The molecular formula is C22H24FN5O2. The molecule has 0 spiro atoms. The third-order valence-corrected chi connectivity index (χ3v) is 5.01. The van der Waals surface area contributed by atoms with E-state index in [1.807, 2.05) is 36.1 Å². The maximum atomic E-state index is 14.7. The highest BCUT2D eigenvalue weighted by atomic mass is 19.1. The van der Waals surface area contributed by atoms with E-state index in [4.69, 9.17) is 10.5 Å². The summed E-state index contributed by atoms with van der Waals surface area (Å²) in [5, 5.41) is 7.21. The molecule has 1 aliphatic rings. The molecule has 2 heterocycles. The van der Waals surface area contributed by atoms with Crippen LogP contribution in [-0.2, 0) is 11.3 Å². The molecule has 3 aromatic rings. The number of nitrogens with zero attached hydrogens (tertiary/aromatic N) is 3. The average Bonchev–Trinajstić information content (AvgIpc) is 3.16. The van der Waals surface area contributed by atoms with Gasteiger partial charge in [-0.3, -0.25) is 4.79 Å². The number of nitrogens with two attached hydrogens (primary N) is 1. The number of carbonyl (C=O) groups is 1. The minimum atomic E-state index is -0.380. The van der Waals surface area contributed by atoms with Gasteiger partial charge in [-0.15, -0.1) is 0 Å². The van der Waals surface area contributed by atoms with E-state index in [0.29, 0.717) is 55.6 Å². The Morgan fingerprint density at radius 1 is 1.20 bits per heavy atom. The van der Waals surface area contributed by atoms with Gasteiger partial charge in [0.1, 0.15) is 11.5 Å². The Morgan fingerprint density at radius 2 is 2.00 bits per heavy atom. The molecule has 0 bridgehead atoms. The largest absolute Gasteiger partial charge is 0.378 e. The lowest BCUT2D eigenvalue weighted by Gasteiger charge is -2.29. The zero-order valence-corrected chi connectivity index (χ0v) is 16.8. The van der Waals surface area contributed by atoms with E-state index in [-0.39, 0.29) is 11.7 Å². The number of amides is 1. The summed E-state index contributed by atoms with van der Waals surface area (Å²) in [6.07, 6.45) is 0. The van der Waals surface area contributed by atoms with Crippen LogP contribution in [0.4, 0.5) is 15.8 Å². The third kappa shape index (κ3) is 4.19. The minimum Gasteiger partial charge on any atom is -0.378 e. The van der Waals surface area contributed by atoms with Crippen molar-refractivity contribution in [3.05, 3.63) is 71.3 Å². The molecule has 1 saturated heterocycles. The Morgan fingerprint density at radius 3 is 2.73 bits per heavy atom. The van der Waals surface area contributed by atoms with Crippen LogP contribution in [-0.4, -0.2) is 42.0 Å². The Bertz CT molecular complexity index is 1060. The van der Waals surface area contributed by atoms with Gasteiger partial charge in [0.2, 0.25) is 0 Å². The van der Waals surface area contributed by atoms with Crippen molar-refractivity contribution in [1.29, 1.82) is 0 Å². The Balaban J connectivity index is 1.56. The van der Waals surface area contributed by atoms with E-state index in [1.165, 1.54) is 6.07 Å². The molecule has 0 unspecified atom stereocenters. The number of aromatic nitrogens is 2. The van der Waals surface area contributed by atoms with Crippen LogP contribution in [0.2, 0.25) is 0 Å². The van der Waals surface area contributed by atoms with E-state index in [2.05, 4.69) is 10.4 Å². The summed E-state index contributed by atoms with van der Waals surface area (Å²) in [7, 11) is 0. The van der Waals surface area contributed by atoms with Gasteiger partial charge >= 0.3 is 0 Å². The number of rotatable bonds is 5. The molecule has 8 heteroatoms. The van der Waals surface area contributed by atoms with Gasteiger partial charge < -0.3 is 20.7 Å². The number of ether oxygens (including phenoxy) is 1. The highest BCUT2D eigenvalue weighted by molar-refractivity contribution is 6.03. The molecule has 0 atom stereocenters. The normalized spacial score (nSPS) is 14.0. The zero-order valence-electron chi connectivity index (χ0n) is 16.8. The second kappa shape index (κ2) is 8.64. The number of anilines is 2. The Kier molecular flexibility index (Phi) is 5.78. The molecule has 1 amide bonds. The van der Waals surface area contributed by atoms with E-state index in [0.717, 1.165) is 11.3 Å². The van der Waals surface area contributed by atoms with Crippen molar-refractivity contribution in [3.8, 4) is 5.69 Å². The molecular weight excluding hydrogens is 385 g/mol. The molecule has 0 saturated carbocycles. The summed E-state index contributed by atoms with van der Waals surface area (Å²) in [5.41, 5.74) is 9.36. The van der Waals surface area contributed by atoms with Crippen molar-refractivity contribution in [3.63, 3.8) is 0 Å². The summed E-state index contributed by atoms with van der Waals surface area (Å²) in [5.74, 6) is -0.748. The lowest BCUT2D eigenvalue weighted by atomic mass is 10.2. The molecule has 1 aliphatic heterocycles. The van der Waals surface area contributed by atoms with Crippen molar-refractivity contribution < 1.29 is 13.9 Å². The first-order chi connectivity index (χ1) is 14.5. The number of hydrogen-bond donors (Lipinski definition) is 2. The molecule has 4 rings (SSSR count). The second-order valence-corrected chi connectivity index (χ2v) is 7.18. The van der Waals surface area contributed by atoms with Crippen LogP contribution in [0.25, 0.3) is 5.69 Å². The molecule has 30 heavy (non-hydrogen) atoms. The molecule has 3 N–H and O–H groups in total. The van der Waals surface area contributed by atoms with Gasteiger partial charge in [-0.2, -0.15) is 5.10 Å². The van der Waals surface area contributed by atoms with Gasteiger partial charge in [0.05, 0.1) is 30.3 Å². The topological polar surface area (TPSA) is 85.4 Å². The lowest BCUT2D eigenvalue weighted by Crippen LogP contribution is -2.36. The van der Waals surface area contributed by atoms with Crippen molar-refractivity contribution in [2.24, 2.45) is 5.73 Å². The molecule has 1 aromatic heterocycles. The monoisotopic (exact) mass is 409 g/mol. The van der Waals surface area contributed by atoms with Gasteiger partial charge in [-0.25, -0.2) is 9.07 Å². The molecule has 2 aromatic carbocycles. The maximum Gasteiger partial charge on any atom is 0.274 e. The summed E-state index contributed by atoms with van der Waals surface area (Å²) in [6, 6.07) is 14.0. The Hall–Kier alpha value is -3.23. The second-order valence-electron chi connectivity index (χ2n) is 7.18. The van der Waals surface area contributed by atoms with E-state index >= 15 is 0 Å². The van der Waals surface area contributed by atoms with Crippen molar-refractivity contribution in [2.45, 2.75) is 13.5 Å². The highest BCUT2D eigenvalue weighted by Gasteiger charge is 2.18. The summed E-state index contributed by atoms with van der Waals surface area (Å²) >= 11 is 0. The first-order valence-corrected chi connectivity index (χ1v) is 9.85. The van der Waals surface area contributed by atoms with Crippen LogP contribution in [0.15, 0.2) is 48.5 Å². The zero-order chi connectivity index (χ0) is 21.1. The van der Waals surface area contributed by atoms with Crippen molar-refractivity contribution in [1.82, 2.24) is 9.78 Å². The van der Waals surface area contributed by atoms with Crippen molar-refractivity contribution in [2.75, 3.05) is 36.5 Å². The quantitative estimate of drug-likeness (QED) is 0.677. The third-order valence-electron chi connectivity index (χ3n) is 5.01. The first-order valence-electron chi connectivity index (χ1n) is 9.85. The summed E-state index contributed by atoms with van der Waals surface area (Å²) < 4.78 is 21.5. The van der Waals surface area contributed by atoms with Crippen LogP contribution < -0.4 is 16.0 Å². The Labute approximate surface area is 174 Å². The predicted molar refractivity (Wildman–Crippen MR) is 114 cm³/mol. The van der Waals surface area contributed by atoms with Gasteiger partial charge in [0.25, 0.3) is 5.91 Å². The van der Waals surface area contributed by atoms with Gasteiger partial charge in [0, 0.05) is 25.3 Å². The maximum absolute atomic E-state index is 14.7. The van der Waals surface area contributed by atoms with Crippen LogP contribution in [0.1, 0.15) is 21.7 Å². The highest BCUT2D eigenvalue weighted by Crippen LogP contribution is 2.24. The van der Waals surface area contributed by atoms with E-state index in [1.54, 1.807) is 22.9 Å². The summed E-state index contributed by atoms with van der Waals surface area (Å²) in [6.45, 7) is 4.65. The van der Waals surface area contributed by atoms with E-state index < -0.39 is 0 Å². The molecule has 0 radical (unpaired) electrons. The van der Waals surface area contributed by atoms with Crippen LogP contribution in [0.5, 0.6) is 0 Å². The standard InChI is InChI=1S/C22H24FN5O2/c1-15-11-21(28(26-15)18-4-2-3-16(12-18)14-24)22(29)25-17-5-6-20(19(23)13-17)27-7-9-30-10-8-27/h2-6,11-13H,7-10,14,24H2,1H3,(H,25,29). The predicted octanol–water partition coefficient (Wildman–Crippen LogP) is 2.87. The lowest BCUT2D eigenvalue weighted by molar-refractivity contribution is 0.101. The fourth-order valence-electron chi connectivity index (χ4n) is 3.51. The number of morpholine rings is 1. The SMILES string of the molecule is Cc1cc(C(=O)Nc2ccc(N3CCOCC3)c(F)c2)n(-c2cccc(CN)c2)n1. The summed E-state index contributed by atoms with van der Waals surface area (Å²) in [4.78, 5) is 14.9. The van der Waals surface area contributed by atoms with Crippen LogP contribution in [0, 0.1) is 12.7 Å². The van der Waals surface area contributed by atoms with Crippen LogP contribution >= 0.6 is 0 Å². The fraction of sp³-hybridized carbons (Fsp3) is 0.273. The van der Waals surface area contributed by atoms with Gasteiger partial charge in [-0.05, 0) is 48.9 Å². The molecule has 156 valence electrons. The number of hydrogen-bond acceptors (Lipinski definition) is 5.